The molecular weight excluding hydrogens is 226 g/mol. The van der Waals surface area contributed by atoms with Crippen molar-refractivity contribution in [3.63, 3.8) is 0 Å². The summed E-state index contributed by atoms with van der Waals surface area (Å²) in [5.74, 6) is 0.853. The molecule has 0 N–H and O–H groups in total. The van der Waals surface area contributed by atoms with Crippen molar-refractivity contribution in [2.45, 2.75) is 19.3 Å². The number of likely N-dealkylation sites (N-methyl/N-ethyl adjacent to an activating group) is 1. The van der Waals surface area contributed by atoms with E-state index in [-0.39, 0.29) is 0 Å². The van der Waals surface area contributed by atoms with Crippen molar-refractivity contribution >= 4 is 11.6 Å². The van der Waals surface area contributed by atoms with E-state index in [1.807, 2.05) is 6.07 Å². The molecule has 1 fully saturated rings. The van der Waals surface area contributed by atoms with Crippen molar-refractivity contribution in [3.05, 3.63) is 16.8 Å². The van der Waals surface area contributed by atoms with Crippen LogP contribution in [0.5, 0.6) is 5.88 Å². The highest BCUT2D eigenvalue weighted by Crippen LogP contribution is 2.29. The summed E-state index contributed by atoms with van der Waals surface area (Å²) >= 11 is 6.04. The molecule has 1 aliphatic rings. The number of hydrogen-bond donors (Lipinski definition) is 0. The third-order valence-corrected chi connectivity index (χ3v) is 3.34. The largest absolute Gasteiger partial charge is 0.479 e. The van der Waals surface area contributed by atoms with Gasteiger partial charge in [-0.15, -0.1) is 5.10 Å². The van der Waals surface area contributed by atoms with Gasteiger partial charge in [-0.2, -0.15) is 5.10 Å². The summed E-state index contributed by atoms with van der Waals surface area (Å²) in [6.45, 7) is 5.45. The Balaban J connectivity index is 2.13. The van der Waals surface area contributed by atoms with Crippen molar-refractivity contribution in [1.29, 1.82) is 0 Å². The predicted octanol–water partition coefficient (Wildman–Crippen LogP) is 1.95. The van der Waals surface area contributed by atoms with Gasteiger partial charge in [-0.25, -0.2) is 0 Å². The Hall–Kier alpha value is -0.870. The van der Waals surface area contributed by atoms with Crippen LogP contribution in [0.2, 0.25) is 5.02 Å². The Bertz CT molecular complexity index is 372. The van der Waals surface area contributed by atoms with E-state index in [9.17, 15) is 0 Å². The molecule has 16 heavy (non-hydrogen) atoms. The first kappa shape index (κ1) is 11.6. The maximum atomic E-state index is 6.04. The minimum Gasteiger partial charge on any atom is -0.479 e. The summed E-state index contributed by atoms with van der Waals surface area (Å²) in [7, 11) is 1.55. The van der Waals surface area contributed by atoms with E-state index in [4.69, 9.17) is 16.3 Å². The average molecular weight is 242 g/mol. The molecule has 2 rings (SSSR count). The van der Waals surface area contributed by atoms with Crippen LogP contribution in [-0.4, -0.2) is 41.8 Å². The minimum absolute atomic E-state index is 0.399. The van der Waals surface area contributed by atoms with Crippen molar-refractivity contribution in [2.75, 3.05) is 26.7 Å². The quantitative estimate of drug-likeness (QED) is 0.811. The molecule has 0 amide bonds. The average Bonchev–Trinajstić information content (AvgIpc) is 2.77. The van der Waals surface area contributed by atoms with Crippen molar-refractivity contribution < 1.29 is 4.74 Å². The van der Waals surface area contributed by atoms with Gasteiger partial charge < -0.3 is 9.64 Å². The van der Waals surface area contributed by atoms with Gasteiger partial charge in [-0.1, -0.05) is 18.5 Å². The van der Waals surface area contributed by atoms with Crippen molar-refractivity contribution in [1.82, 2.24) is 15.1 Å². The molecule has 1 aromatic rings. The second kappa shape index (κ2) is 4.97. The van der Waals surface area contributed by atoms with E-state index in [1.54, 1.807) is 7.11 Å². The monoisotopic (exact) mass is 241 g/mol. The lowest BCUT2D eigenvalue weighted by Gasteiger charge is -2.12. The smallest absolute Gasteiger partial charge is 0.252 e. The van der Waals surface area contributed by atoms with E-state index >= 15 is 0 Å². The maximum absolute atomic E-state index is 6.04. The van der Waals surface area contributed by atoms with E-state index in [0.717, 1.165) is 31.7 Å². The molecule has 0 aliphatic carbocycles. The fourth-order valence-electron chi connectivity index (χ4n) is 2.07. The SMILES string of the molecule is CCN1CCC(c2cc(Cl)c(OC)nn2)C1. The lowest BCUT2D eigenvalue weighted by atomic mass is 10.1. The number of halogens is 1. The molecule has 1 aliphatic heterocycles. The number of nitrogens with zero attached hydrogens (tertiary/aromatic N) is 3. The summed E-state index contributed by atoms with van der Waals surface area (Å²) in [4.78, 5) is 2.41. The van der Waals surface area contributed by atoms with E-state index in [0.29, 0.717) is 16.8 Å². The third kappa shape index (κ3) is 2.28. The Morgan fingerprint density at radius 1 is 1.56 bits per heavy atom. The van der Waals surface area contributed by atoms with Crippen LogP contribution in [0.15, 0.2) is 6.07 Å². The molecule has 2 heterocycles. The molecule has 1 unspecified atom stereocenters. The molecule has 88 valence electrons. The molecule has 0 bridgehead atoms. The second-order valence-corrected chi connectivity index (χ2v) is 4.41. The zero-order chi connectivity index (χ0) is 11.5. The Labute approximate surface area is 101 Å². The fraction of sp³-hybridized carbons (Fsp3) is 0.636. The highest BCUT2D eigenvalue weighted by atomic mass is 35.5. The van der Waals surface area contributed by atoms with E-state index in [1.165, 1.54) is 0 Å². The van der Waals surface area contributed by atoms with Crippen LogP contribution < -0.4 is 4.74 Å². The highest BCUT2D eigenvalue weighted by Gasteiger charge is 2.24. The lowest BCUT2D eigenvalue weighted by Crippen LogP contribution is -2.19. The molecule has 0 spiro atoms. The Morgan fingerprint density at radius 3 is 2.94 bits per heavy atom. The number of rotatable bonds is 3. The van der Waals surface area contributed by atoms with Crippen molar-refractivity contribution in [3.8, 4) is 5.88 Å². The van der Waals surface area contributed by atoms with Gasteiger partial charge in [-0.05, 0) is 25.6 Å². The van der Waals surface area contributed by atoms with Crippen molar-refractivity contribution in [2.24, 2.45) is 0 Å². The molecule has 0 aromatic carbocycles. The van der Waals surface area contributed by atoms with Crippen LogP contribution >= 0.6 is 11.6 Å². The number of likely N-dealkylation sites (tertiary alicyclic amines) is 1. The van der Waals surface area contributed by atoms with Crippen LogP contribution in [0, 0.1) is 0 Å². The van der Waals surface area contributed by atoms with Gasteiger partial charge in [0.15, 0.2) is 0 Å². The highest BCUT2D eigenvalue weighted by molar-refractivity contribution is 6.31. The lowest BCUT2D eigenvalue weighted by molar-refractivity contribution is 0.352. The van der Waals surface area contributed by atoms with E-state index < -0.39 is 0 Å². The Kier molecular flexibility index (Phi) is 3.61. The van der Waals surface area contributed by atoms with Gasteiger partial charge in [0.1, 0.15) is 5.02 Å². The van der Waals surface area contributed by atoms with Gasteiger partial charge in [-0.3, -0.25) is 0 Å². The zero-order valence-electron chi connectivity index (χ0n) is 9.61. The first-order valence-corrected chi connectivity index (χ1v) is 5.91. The molecular formula is C11H16ClN3O. The second-order valence-electron chi connectivity index (χ2n) is 4.01. The predicted molar refractivity (Wildman–Crippen MR) is 63.1 cm³/mol. The molecule has 0 saturated carbocycles. The van der Waals surface area contributed by atoms with Gasteiger partial charge in [0.2, 0.25) is 0 Å². The summed E-state index contributed by atoms with van der Waals surface area (Å²) in [6, 6.07) is 1.87. The summed E-state index contributed by atoms with van der Waals surface area (Å²) in [6.07, 6.45) is 1.13. The molecule has 1 saturated heterocycles. The molecule has 5 heteroatoms. The third-order valence-electron chi connectivity index (χ3n) is 3.07. The summed E-state index contributed by atoms with van der Waals surface area (Å²) in [5, 5.41) is 8.69. The number of hydrogen-bond acceptors (Lipinski definition) is 4. The fourth-order valence-corrected chi connectivity index (χ4v) is 2.30. The number of methoxy groups -OCH3 is 1. The Morgan fingerprint density at radius 2 is 2.38 bits per heavy atom. The molecule has 1 aromatic heterocycles. The van der Waals surface area contributed by atoms with Gasteiger partial charge in [0.25, 0.3) is 5.88 Å². The molecule has 4 nitrogen and oxygen atoms in total. The number of aromatic nitrogens is 2. The zero-order valence-corrected chi connectivity index (χ0v) is 10.4. The van der Waals surface area contributed by atoms with Crippen LogP contribution in [0.1, 0.15) is 25.0 Å². The van der Waals surface area contributed by atoms with E-state index in [2.05, 4.69) is 22.0 Å². The summed E-state index contributed by atoms with van der Waals surface area (Å²) in [5.41, 5.74) is 0.974. The summed E-state index contributed by atoms with van der Waals surface area (Å²) < 4.78 is 4.99. The standard InChI is InChI=1S/C11H16ClN3O/c1-3-15-5-4-8(7-15)10-6-9(12)11(16-2)14-13-10/h6,8H,3-5,7H2,1-2H3. The van der Waals surface area contributed by atoms with Crippen LogP contribution in [0.25, 0.3) is 0 Å². The molecule has 1 atom stereocenters. The van der Waals surface area contributed by atoms with Crippen LogP contribution in [0.4, 0.5) is 0 Å². The number of ether oxygens (including phenoxy) is 1. The van der Waals surface area contributed by atoms with Gasteiger partial charge in [0, 0.05) is 12.5 Å². The first-order chi connectivity index (χ1) is 7.74. The minimum atomic E-state index is 0.399. The van der Waals surface area contributed by atoms with Gasteiger partial charge in [0.05, 0.1) is 12.8 Å². The van der Waals surface area contributed by atoms with Gasteiger partial charge >= 0.3 is 0 Å². The van der Waals surface area contributed by atoms with Crippen LogP contribution in [0.3, 0.4) is 0 Å². The normalized spacial score (nSPS) is 21.3. The first-order valence-electron chi connectivity index (χ1n) is 5.54. The van der Waals surface area contributed by atoms with Crippen LogP contribution in [-0.2, 0) is 0 Å². The molecule has 0 radical (unpaired) electrons. The maximum Gasteiger partial charge on any atom is 0.252 e. The topological polar surface area (TPSA) is 38.2 Å².